The minimum absolute atomic E-state index is 0.0235. The Kier molecular flexibility index (Phi) is 6.89. The quantitative estimate of drug-likeness (QED) is 0.197. The van der Waals surface area contributed by atoms with E-state index < -0.39 is 0 Å². The Morgan fingerprint density at radius 2 is 1.41 bits per heavy atom. The average molecular weight is 579 g/mol. The number of hydrogen-bond acceptors (Lipinski definition) is 4. The normalized spacial score (nSPS) is 13.5. The first kappa shape index (κ1) is 27.8. The van der Waals surface area contributed by atoms with Gasteiger partial charge in [-0.3, -0.25) is 4.57 Å². The Bertz CT molecular complexity index is 2000. The van der Waals surface area contributed by atoms with E-state index in [2.05, 4.69) is 158 Å². The van der Waals surface area contributed by atoms with Crippen LogP contribution in [-0.2, 0) is 5.41 Å². The molecule has 0 amide bonds. The molecule has 0 saturated carbocycles. The molecule has 0 aliphatic carbocycles. The highest BCUT2D eigenvalue weighted by Gasteiger charge is 2.19. The van der Waals surface area contributed by atoms with Gasteiger partial charge in [-0.25, -0.2) is 4.98 Å². The summed E-state index contributed by atoms with van der Waals surface area (Å²) in [7, 11) is 0. The summed E-state index contributed by atoms with van der Waals surface area (Å²) in [6, 6.07) is 36.3. The molecular weight excluding hydrogens is 540 g/mol. The highest BCUT2D eigenvalue weighted by molar-refractivity contribution is 6.09. The van der Waals surface area contributed by atoms with E-state index in [4.69, 9.17) is 9.72 Å². The molecule has 0 spiro atoms. The Morgan fingerprint density at radius 3 is 2.18 bits per heavy atom. The average Bonchev–Trinajstić information content (AvgIpc) is 3.64. The van der Waals surface area contributed by atoms with Gasteiger partial charge in [-0.1, -0.05) is 71.0 Å². The predicted octanol–water partition coefficient (Wildman–Crippen LogP) is 10.1. The standard InChI is InChI=1S/C39H38N4O/c1-27(2)28-13-15-30(16-14-28)41-21-22-42(26-41)31-9-8-10-32(24-31)44-33-17-18-35-34-11-6-7-12-36(34)43(37(35)25-33)38-23-29(19-20-40-38)39(3,4)5/h6-25,27H,26H2,1-5H3. The summed E-state index contributed by atoms with van der Waals surface area (Å²) in [5, 5.41) is 2.37. The van der Waals surface area contributed by atoms with Crippen molar-refractivity contribution in [3.63, 3.8) is 0 Å². The third-order valence-electron chi connectivity index (χ3n) is 8.49. The van der Waals surface area contributed by atoms with Gasteiger partial charge in [-0.15, -0.1) is 0 Å². The van der Waals surface area contributed by atoms with Gasteiger partial charge in [-0.05, 0) is 77.1 Å². The second kappa shape index (κ2) is 10.9. The fourth-order valence-corrected chi connectivity index (χ4v) is 5.94. The van der Waals surface area contributed by atoms with Crippen LogP contribution in [0, 0.1) is 0 Å². The fourth-order valence-electron chi connectivity index (χ4n) is 5.94. The van der Waals surface area contributed by atoms with Crippen LogP contribution in [-0.4, -0.2) is 16.2 Å². The second-order valence-corrected chi connectivity index (χ2v) is 12.9. The Morgan fingerprint density at radius 1 is 0.682 bits per heavy atom. The van der Waals surface area contributed by atoms with Gasteiger partial charge in [0.1, 0.15) is 17.3 Å². The van der Waals surface area contributed by atoms with Crippen molar-refractivity contribution in [2.45, 2.75) is 46.0 Å². The number of fused-ring (bicyclic) bond motifs is 3. The zero-order valence-corrected chi connectivity index (χ0v) is 26.0. The maximum atomic E-state index is 6.50. The maximum absolute atomic E-state index is 6.50. The lowest BCUT2D eigenvalue weighted by Gasteiger charge is -2.22. The van der Waals surface area contributed by atoms with Gasteiger partial charge in [0.15, 0.2) is 0 Å². The first-order chi connectivity index (χ1) is 21.2. The van der Waals surface area contributed by atoms with Gasteiger partial charge in [0, 0.05) is 52.9 Å². The Labute approximate surface area is 259 Å². The SMILES string of the molecule is CC(C)c1ccc(N2C=CN(c3cccc(Oc4ccc5c6ccccc6n(-c6cc(C(C)(C)C)ccn6)c5c4)c3)C2)cc1. The molecule has 0 atom stereocenters. The van der Waals surface area contributed by atoms with E-state index in [0.29, 0.717) is 5.92 Å². The van der Waals surface area contributed by atoms with Crippen LogP contribution in [0.3, 0.4) is 0 Å². The first-order valence-corrected chi connectivity index (χ1v) is 15.3. The summed E-state index contributed by atoms with van der Waals surface area (Å²) in [6.45, 7) is 11.9. The van der Waals surface area contributed by atoms with Crippen LogP contribution in [0.25, 0.3) is 27.6 Å². The maximum Gasteiger partial charge on any atom is 0.137 e. The summed E-state index contributed by atoms with van der Waals surface area (Å²) < 4.78 is 8.75. The molecule has 0 saturated heterocycles. The van der Waals surface area contributed by atoms with E-state index in [1.165, 1.54) is 27.6 Å². The lowest BCUT2D eigenvalue weighted by atomic mass is 9.88. The molecule has 0 radical (unpaired) electrons. The second-order valence-electron chi connectivity index (χ2n) is 12.9. The molecule has 1 aliphatic rings. The van der Waals surface area contributed by atoms with Crippen molar-refractivity contribution in [1.29, 1.82) is 0 Å². The van der Waals surface area contributed by atoms with Gasteiger partial charge >= 0.3 is 0 Å². The number of hydrogen-bond donors (Lipinski definition) is 0. The van der Waals surface area contributed by atoms with Crippen LogP contribution in [0.15, 0.2) is 122 Å². The van der Waals surface area contributed by atoms with E-state index in [0.717, 1.165) is 40.7 Å². The Balaban J connectivity index is 1.18. The number of rotatable bonds is 6. The number of benzene rings is 4. The number of aromatic nitrogens is 2. The van der Waals surface area contributed by atoms with E-state index in [1.807, 2.05) is 12.3 Å². The van der Waals surface area contributed by atoms with Gasteiger partial charge in [0.05, 0.1) is 17.7 Å². The number of anilines is 2. The zero-order valence-electron chi connectivity index (χ0n) is 26.0. The van der Waals surface area contributed by atoms with Crippen LogP contribution in [0.5, 0.6) is 11.5 Å². The summed E-state index contributed by atoms with van der Waals surface area (Å²) in [5.74, 6) is 3.02. The Hall–Kier alpha value is -5.03. The third-order valence-corrected chi connectivity index (χ3v) is 8.49. The molecule has 1 aliphatic heterocycles. The third kappa shape index (κ3) is 5.19. The van der Waals surface area contributed by atoms with Crippen molar-refractivity contribution in [2.75, 3.05) is 16.5 Å². The van der Waals surface area contributed by atoms with Crippen LogP contribution in [0.4, 0.5) is 11.4 Å². The van der Waals surface area contributed by atoms with Crippen LogP contribution >= 0.6 is 0 Å². The van der Waals surface area contributed by atoms with Crippen LogP contribution in [0.1, 0.15) is 51.7 Å². The van der Waals surface area contributed by atoms with Gasteiger partial charge in [0.25, 0.3) is 0 Å². The molecule has 4 aromatic carbocycles. The molecule has 5 heteroatoms. The highest BCUT2D eigenvalue weighted by Crippen LogP contribution is 2.36. The van der Waals surface area contributed by atoms with Gasteiger partial charge < -0.3 is 14.5 Å². The van der Waals surface area contributed by atoms with Crippen molar-refractivity contribution >= 4 is 33.2 Å². The van der Waals surface area contributed by atoms with Crippen molar-refractivity contribution in [1.82, 2.24) is 9.55 Å². The van der Waals surface area contributed by atoms with E-state index in [-0.39, 0.29) is 5.41 Å². The summed E-state index contributed by atoms with van der Waals surface area (Å²) in [6.07, 6.45) is 6.17. The monoisotopic (exact) mass is 578 g/mol. The largest absolute Gasteiger partial charge is 0.457 e. The number of ether oxygens (including phenoxy) is 1. The molecule has 5 nitrogen and oxygen atoms in total. The molecular formula is C39H38N4O. The molecule has 0 fully saturated rings. The lowest BCUT2D eigenvalue weighted by Crippen LogP contribution is -2.24. The minimum atomic E-state index is 0.0235. The van der Waals surface area contributed by atoms with Crippen molar-refractivity contribution in [3.05, 3.63) is 133 Å². The molecule has 220 valence electrons. The molecule has 0 N–H and O–H groups in total. The minimum Gasteiger partial charge on any atom is -0.457 e. The zero-order chi connectivity index (χ0) is 30.4. The molecule has 6 aromatic rings. The highest BCUT2D eigenvalue weighted by atomic mass is 16.5. The molecule has 44 heavy (non-hydrogen) atoms. The van der Waals surface area contributed by atoms with E-state index >= 15 is 0 Å². The predicted molar refractivity (Wildman–Crippen MR) is 183 cm³/mol. The van der Waals surface area contributed by atoms with Gasteiger partial charge in [0.2, 0.25) is 0 Å². The molecule has 7 rings (SSSR count). The molecule has 2 aromatic heterocycles. The van der Waals surface area contributed by atoms with E-state index in [9.17, 15) is 0 Å². The summed E-state index contributed by atoms with van der Waals surface area (Å²) in [4.78, 5) is 9.30. The molecule has 3 heterocycles. The molecule has 0 bridgehead atoms. The lowest BCUT2D eigenvalue weighted by molar-refractivity contribution is 0.483. The van der Waals surface area contributed by atoms with Crippen molar-refractivity contribution in [3.8, 4) is 17.3 Å². The topological polar surface area (TPSA) is 33.5 Å². The summed E-state index contributed by atoms with van der Waals surface area (Å²) >= 11 is 0. The van der Waals surface area contributed by atoms with Gasteiger partial charge in [-0.2, -0.15) is 0 Å². The van der Waals surface area contributed by atoms with Crippen LogP contribution < -0.4 is 14.5 Å². The fraction of sp³-hybridized carbons (Fsp3) is 0.205. The smallest absolute Gasteiger partial charge is 0.137 e. The summed E-state index contributed by atoms with van der Waals surface area (Å²) in [5.41, 5.74) is 7.09. The van der Waals surface area contributed by atoms with E-state index in [1.54, 1.807) is 0 Å². The first-order valence-electron chi connectivity index (χ1n) is 15.3. The molecule has 0 unspecified atom stereocenters. The van der Waals surface area contributed by atoms with Crippen molar-refractivity contribution in [2.24, 2.45) is 0 Å². The number of para-hydroxylation sites is 1. The number of nitrogens with zero attached hydrogens (tertiary/aromatic N) is 4. The number of pyridine rings is 1. The van der Waals surface area contributed by atoms with Crippen molar-refractivity contribution < 1.29 is 4.74 Å². The van der Waals surface area contributed by atoms with Crippen LogP contribution in [0.2, 0.25) is 0 Å².